The standard InChI is InChI=1S/C15H22BrN/c1-12-4-3-5-15(10-12)17(2)11-13-6-8-14(16)9-7-13/h6-9,12,15H,3-5,10-11H2,1-2H3. The molecule has 2 atom stereocenters. The van der Waals surface area contributed by atoms with E-state index in [1.165, 1.54) is 31.2 Å². The van der Waals surface area contributed by atoms with Gasteiger partial charge in [-0.3, -0.25) is 4.90 Å². The maximum Gasteiger partial charge on any atom is 0.0233 e. The molecule has 1 nitrogen and oxygen atoms in total. The minimum absolute atomic E-state index is 0.780. The van der Waals surface area contributed by atoms with E-state index in [1.807, 2.05) is 0 Å². The van der Waals surface area contributed by atoms with E-state index in [4.69, 9.17) is 0 Å². The summed E-state index contributed by atoms with van der Waals surface area (Å²) in [4.78, 5) is 2.53. The Morgan fingerprint density at radius 1 is 1.24 bits per heavy atom. The summed E-state index contributed by atoms with van der Waals surface area (Å²) in [7, 11) is 2.27. The Balaban J connectivity index is 1.91. The van der Waals surface area contributed by atoms with Gasteiger partial charge in [-0.1, -0.05) is 47.8 Å². The van der Waals surface area contributed by atoms with Gasteiger partial charge in [0.1, 0.15) is 0 Å². The van der Waals surface area contributed by atoms with Gasteiger partial charge in [0, 0.05) is 17.1 Å². The van der Waals surface area contributed by atoms with Crippen LogP contribution >= 0.6 is 15.9 Å². The van der Waals surface area contributed by atoms with Crippen molar-refractivity contribution < 1.29 is 0 Å². The molecule has 2 rings (SSSR count). The molecule has 1 aliphatic rings. The van der Waals surface area contributed by atoms with E-state index in [0.29, 0.717) is 0 Å². The lowest BCUT2D eigenvalue weighted by Gasteiger charge is -2.34. The molecule has 0 radical (unpaired) electrons. The zero-order valence-corrected chi connectivity index (χ0v) is 12.4. The first-order chi connectivity index (χ1) is 8.15. The first kappa shape index (κ1) is 13.1. The summed E-state index contributed by atoms with van der Waals surface area (Å²) in [6, 6.07) is 9.47. The first-order valence-electron chi connectivity index (χ1n) is 6.60. The monoisotopic (exact) mass is 295 g/mol. The van der Waals surface area contributed by atoms with Crippen molar-refractivity contribution >= 4 is 15.9 Å². The van der Waals surface area contributed by atoms with Gasteiger partial charge in [0.2, 0.25) is 0 Å². The minimum Gasteiger partial charge on any atom is -0.299 e. The number of hydrogen-bond acceptors (Lipinski definition) is 1. The average Bonchev–Trinajstić information content (AvgIpc) is 2.32. The van der Waals surface area contributed by atoms with Crippen LogP contribution in [0.2, 0.25) is 0 Å². The highest BCUT2D eigenvalue weighted by Crippen LogP contribution is 2.27. The van der Waals surface area contributed by atoms with Crippen LogP contribution in [-0.2, 0) is 6.54 Å². The molecule has 0 aromatic heterocycles. The summed E-state index contributed by atoms with van der Waals surface area (Å²) in [5, 5.41) is 0. The lowest BCUT2D eigenvalue weighted by atomic mass is 9.86. The van der Waals surface area contributed by atoms with Crippen LogP contribution in [0.15, 0.2) is 28.7 Å². The molecule has 0 spiro atoms. The van der Waals surface area contributed by atoms with Gasteiger partial charge in [0.05, 0.1) is 0 Å². The number of hydrogen-bond donors (Lipinski definition) is 0. The Bertz CT molecular complexity index is 346. The van der Waals surface area contributed by atoms with E-state index in [9.17, 15) is 0 Å². The van der Waals surface area contributed by atoms with Gasteiger partial charge >= 0.3 is 0 Å². The van der Waals surface area contributed by atoms with Gasteiger partial charge < -0.3 is 0 Å². The Kier molecular flexibility index (Phi) is 4.63. The van der Waals surface area contributed by atoms with Crippen LogP contribution in [0.4, 0.5) is 0 Å². The zero-order valence-electron chi connectivity index (χ0n) is 10.8. The molecule has 94 valence electrons. The summed E-state index contributed by atoms with van der Waals surface area (Å²) >= 11 is 3.48. The Labute approximate surface area is 113 Å². The maximum atomic E-state index is 3.48. The van der Waals surface area contributed by atoms with Crippen molar-refractivity contribution in [1.82, 2.24) is 4.90 Å². The normalized spacial score (nSPS) is 25.2. The summed E-state index contributed by atoms with van der Waals surface area (Å²) in [5.74, 6) is 0.904. The SMILES string of the molecule is CC1CCCC(N(C)Cc2ccc(Br)cc2)C1. The van der Waals surface area contributed by atoms with Crippen LogP contribution < -0.4 is 0 Å². The van der Waals surface area contributed by atoms with Crippen molar-refractivity contribution in [3.05, 3.63) is 34.3 Å². The second kappa shape index (κ2) is 6.01. The predicted molar refractivity (Wildman–Crippen MR) is 77.0 cm³/mol. The molecule has 2 heteroatoms. The minimum atomic E-state index is 0.780. The lowest BCUT2D eigenvalue weighted by Crippen LogP contribution is -2.35. The highest BCUT2D eigenvalue weighted by molar-refractivity contribution is 9.10. The van der Waals surface area contributed by atoms with Crippen LogP contribution in [0.5, 0.6) is 0 Å². The van der Waals surface area contributed by atoms with Gasteiger partial charge in [-0.2, -0.15) is 0 Å². The lowest BCUT2D eigenvalue weighted by molar-refractivity contribution is 0.157. The number of halogens is 1. The zero-order chi connectivity index (χ0) is 12.3. The van der Waals surface area contributed by atoms with Crippen molar-refractivity contribution in [3.63, 3.8) is 0 Å². The fourth-order valence-electron chi connectivity index (χ4n) is 2.81. The van der Waals surface area contributed by atoms with Crippen LogP contribution in [0.3, 0.4) is 0 Å². The topological polar surface area (TPSA) is 3.24 Å². The molecule has 0 amide bonds. The third-order valence-electron chi connectivity index (χ3n) is 3.88. The van der Waals surface area contributed by atoms with Crippen molar-refractivity contribution in [2.45, 2.75) is 45.2 Å². The molecule has 1 saturated carbocycles. The molecule has 2 unspecified atom stereocenters. The summed E-state index contributed by atoms with van der Waals surface area (Å²) in [6.07, 6.45) is 5.56. The summed E-state index contributed by atoms with van der Waals surface area (Å²) in [5.41, 5.74) is 1.41. The highest BCUT2D eigenvalue weighted by atomic mass is 79.9. The van der Waals surface area contributed by atoms with Crippen LogP contribution in [0.1, 0.15) is 38.2 Å². The first-order valence-corrected chi connectivity index (χ1v) is 7.39. The van der Waals surface area contributed by atoms with Crippen molar-refractivity contribution in [2.75, 3.05) is 7.05 Å². The van der Waals surface area contributed by atoms with Gasteiger partial charge in [-0.25, -0.2) is 0 Å². The molecule has 1 aliphatic carbocycles. The number of rotatable bonds is 3. The van der Waals surface area contributed by atoms with E-state index in [2.05, 4.69) is 59.1 Å². The summed E-state index contributed by atoms with van der Waals surface area (Å²) < 4.78 is 1.16. The molecule has 1 aromatic carbocycles. The molecule has 0 aliphatic heterocycles. The molecule has 0 bridgehead atoms. The third kappa shape index (κ3) is 3.82. The quantitative estimate of drug-likeness (QED) is 0.796. The molecule has 1 aromatic rings. The Morgan fingerprint density at radius 3 is 2.59 bits per heavy atom. The van der Waals surface area contributed by atoms with E-state index >= 15 is 0 Å². The van der Waals surface area contributed by atoms with Gasteiger partial charge in [0.15, 0.2) is 0 Å². The Morgan fingerprint density at radius 2 is 1.94 bits per heavy atom. The second-order valence-corrected chi connectivity index (χ2v) is 6.38. The number of benzene rings is 1. The molecule has 0 N–H and O–H groups in total. The number of nitrogens with zero attached hydrogens (tertiary/aromatic N) is 1. The van der Waals surface area contributed by atoms with E-state index in [-0.39, 0.29) is 0 Å². The largest absolute Gasteiger partial charge is 0.299 e. The molecule has 0 saturated heterocycles. The molecular weight excluding hydrogens is 274 g/mol. The predicted octanol–water partition coefficient (Wildman–Crippen LogP) is 4.46. The Hall–Kier alpha value is -0.340. The van der Waals surface area contributed by atoms with Crippen molar-refractivity contribution in [3.8, 4) is 0 Å². The molecule has 17 heavy (non-hydrogen) atoms. The van der Waals surface area contributed by atoms with E-state index < -0.39 is 0 Å². The van der Waals surface area contributed by atoms with E-state index in [0.717, 1.165) is 23.0 Å². The highest BCUT2D eigenvalue weighted by Gasteiger charge is 2.22. The van der Waals surface area contributed by atoms with Gasteiger partial charge in [0.25, 0.3) is 0 Å². The van der Waals surface area contributed by atoms with Crippen LogP contribution in [-0.4, -0.2) is 18.0 Å². The molecule has 1 fully saturated rings. The molecular formula is C15H22BrN. The van der Waals surface area contributed by atoms with E-state index in [1.54, 1.807) is 0 Å². The smallest absolute Gasteiger partial charge is 0.0233 e. The average molecular weight is 296 g/mol. The van der Waals surface area contributed by atoms with Crippen molar-refractivity contribution in [1.29, 1.82) is 0 Å². The maximum absolute atomic E-state index is 3.48. The third-order valence-corrected chi connectivity index (χ3v) is 4.41. The van der Waals surface area contributed by atoms with Gasteiger partial charge in [-0.15, -0.1) is 0 Å². The molecule has 0 heterocycles. The summed E-state index contributed by atoms with van der Waals surface area (Å²) in [6.45, 7) is 3.46. The van der Waals surface area contributed by atoms with Crippen molar-refractivity contribution in [2.24, 2.45) is 5.92 Å². The fraction of sp³-hybridized carbons (Fsp3) is 0.600. The fourth-order valence-corrected chi connectivity index (χ4v) is 3.07. The van der Waals surface area contributed by atoms with Crippen LogP contribution in [0, 0.1) is 5.92 Å². The van der Waals surface area contributed by atoms with Crippen LogP contribution in [0.25, 0.3) is 0 Å². The second-order valence-electron chi connectivity index (χ2n) is 5.47. The van der Waals surface area contributed by atoms with Gasteiger partial charge in [-0.05, 0) is 43.5 Å².